The molecule has 0 N–H and O–H groups in total. The van der Waals surface area contributed by atoms with Crippen molar-refractivity contribution in [1.29, 1.82) is 0 Å². The lowest BCUT2D eigenvalue weighted by Gasteiger charge is -2.02. The van der Waals surface area contributed by atoms with E-state index in [9.17, 15) is 0 Å². The average Bonchev–Trinajstić information content (AvgIpc) is 3.62. The minimum atomic E-state index is 1.16. The van der Waals surface area contributed by atoms with Crippen molar-refractivity contribution in [3.05, 3.63) is 37.4 Å². The second kappa shape index (κ2) is 25.2. The van der Waals surface area contributed by atoms with E-state index >= 15 is 0 Å². The lowest BCUT2D eigenvalue weighted by Crippen LogP contribution is -2.30. The van der Waals surface area contributed by atoms with E-state index in [1.165, 1.54) is 167 Å². The van der Waals surface area contributed by atoms with Gasteiger partial charge in [-0.05, 0) is 51.4 Å². The molecule has 0 aliphatic carbocycles. The van der Waals surface area contributed by atoms with E-state index in [0.717, 1.165) is 13.1 Å². The quantitative estimate of drug-likeness (QED) is 0.0701. The minimum Gasteiger partial charge on any atom is -0.237 e. The van der Waals surface area contributed by atoms with Gasteiger partial charge in [-0.2, -0.15) is 0 Å². The zero-order chi connectivity index (χ0) is 28.4. The van der Waals surface area contributed by atoms with Gasteiger partial charge < -0.3 is 0 Å². The van der Waals surface area contributed by atoms with E-state index < -0.39 is 0 Å². The van der Waals surface area contributed by atoms with Gasteiger partial charge in [0.2, 0.25) is 12.7 Å². The highest BCUT2D eigenvalue weighted by Gasteiger charge is 2.06. The molecule has 4 heteroatoms. The molecule has 4 nitrogen and oxygen atoms in total. The molecule has 0 fully saturated rings. The number of aromatic nitrogens is 4. The van der Waals surface area contributed by atoms with Gasteiger partial charge in [0.25, 0.3) is 0 Å². The molecule has 0 bridgehead atoms. The van der Waals surface area contributed by atoms with E-state index in [4.69, 9.17) is 0 Å². The van der Waals surface area contributed by atoms with E-state index in [2.05, 4.69) is 69.6 Å². The number of unbranched alkanes of at least 4 members (excludes halogenated alkanes) is 21. The van der Waals surface area contributed by atoms with Crippen molar-refractivity contribution in [3.8, 4) is 0 Å². The number of aryl methyl sites for hydroxylation is 4. The van der Waals surface area contributed by atoms with Crippen LogP contribution in [0.15, 0.2) is 37.4 Å². The van der Waals surface area contributed by atoms with Crippen molar-refractivity contribution >= 4 is 0 Å². The minimum absolute atomic E-state index is 1.16. The zero-order valence-electron chi connectivity index (χ0n) is 27.1. The Balaban J connectivity index is 1.38. The summed E-state index contributed by atoms with van der Waals surface area (Å²) in [5, 5.41) is 0. The molecular formula is C36H68N4+2. The number of rotatable bonds is 29. The Morgan fingerprint density at radius 2 is 0.675 bits per heavy atom. The molecule has 0 amide bonds. The SMILES string of the molecule is CCCCCCCCCCCC[n+]1ccn(CCCCCCn2cc[n+](CCCCCCCCCCCC)c2)c1. The van der Waals surface area contributed by atoms with Crippen molar-refractivity contribution in [1.82, 2.24) is 9.13 Å². The topological polar surface area (TPSA) is 17.6 Å². The first kappa shape index (κ1) is 34.6. The summed E-state index contributed by atoms with van der Waals surface area (Å²) in [5.41, 5.74) is 0. The summed E-state index contributed by atoms with van der Waals surface area (Å²) in [6.07, 6.45) is 47.2. The number of imidazole rings is 2. The van der Waals surface area contributed by atoms with Crippen molar-refractivity contribution in [2.45, 2.75) is 194 Å². The van der Waals surface area contributed by atoms with Crippen LogP contribution in [0.5, 0.6) is 0 Å². The summed E-state index contributed by atoms with van der Waals surface area (Å²) in [6.45, 7) is 9.28. The molecule has 0 spiro atoms. The summed E-state index contributed by atoms with van der Waals surface area (Å²) in [4.78, 5) is 0. The van der Waals surface area contributed by atoms with Crippen LogP contribution in [0.3, 0.4) is 0 Å². The van der Waals surface area contributed by atoms with Gasteiger partial charge in [0, 0.05) is 0 Å². The molecule has 0 atom stereocenters. The first-order valence-electron chi connectivity index (χ1n) is 17.9. The highest BCUT2D eigenvalue weighted by molar-refractivity contribution is 4.68. The van der Waals surface area contributed by atoms with E-state index in [1.807, 2.05) is 0 Å². The zero-order valence-corrected chi connectivity index (χ0v) is 27.1. The molecule has 40 heavy (non-hydrogen) atoms. The second-order valence-electron chi connectivity index (χ2n) is 12.6. The third-order valence-corrected chi connectivity index (χ3v) is 8.61. The predicted molar refractivity (Wildman–Crippen MR) is 171 cm³/mol. The van der Waals surface area contributed by atoms with Gasteiger partial charge in [0.1, 0.15) is 24.8 Å². The van der Waals surface area contributed by atoms with Crippen LogP contribution in [0.1, 0.15) is 168 Å². The van der Waals surface area contributed by atoms with E-state index in [0.29, 0.717) is 0 Å². The molecule has 0 aromatic carbocycles. The van der Waals surface area contributed by atoms with Crippen molar-refractivity contribution in [3.63, 3.8) is 0 Å². The second-order valence-corrected chi connectivity index (χ2v) is 12.6. The Morgan fingerprint density at radius 1 is 0.375 bits per heavy atom. The van der Waals surface area contributed by atoms with Gasteiger partial charge in [-0.15, -0.1) is 0 Å². The van der Waals surface area contributed by atoms with Crippen LogP contribution < -0.4 is 9.13 Å². The van der Waals surface area contributed by atoms with Crippen LogP contribution in [-0.2, 0) is 26.2 Å². The Labute approximate surface area is 249 Å². The first-order valence-corrected chi connectivity index (χ1v) is 17.9. The van der Waals surface area contributed by atoms with Crippen LogP contribution in [-0.4, -0.2) is 9.13 Å². The number of hydrogen-bond donors (Lipinski definition) is 0. The van der Waals surface area contributed by atoms with Gasteiger partial charge in [0.15, 0.2) is 0 Å². The van der Waals surface area contributed by atoms with Crippen molar-refractivity contribution < 1.29 is 9.13 Å². The van der Waals surface area contributed by atoms with Gasteiger partial charge in [0.05, 0.1) is 26.2 Å². The van der Waals surface area contributed by atoms with Gasteiger partial charge in [-0.25, -0.2) is 18.3 Å². The van der Waals surface area contributed by atoms with Crippen molar-refractivity contribution in [2.24, 2.45) is 0 Å². The molecule has 0 unspecified atom stereocenters. The van der Waals surface area contributed by atoms with Crippen LogP contribution in [0.2, 0.25) is 0 Å². The maximum atomic E-state index is 2.39. The molecule has 230 valence electrons. The van der Waals surface area contributed by atoms with Gasteiger partial charge in [-0.3, -0.25) is 0 Å². The molecule has 0 radical (unpaired) electrons. The Morgan fingerprint density at radius 3 is 1.02 bits per heavy atom. The smallest absolute Gasteiger partial charge is 0.237 e. The average molecular weight is 557 g/mol. The molecule has 0 saturated heterocycles. The summed E-state index contributed by atoms with van der Waals surface area (Å²) in [6, 6.07) is 0. The van der Waals surface area contributed by atoms with Crippen LogP contribution in [0.4, 0.5) is 0 Å². The van der Waals surface area contributed by atoms with E-state index in [-0.39, 0.29) is 0 Å². The lowest BCUT2D eigenvalue weighted by molar-refractivity contribution is -0.697. The summed E-state index contributed by atoms with van der Waals surface area (Å²) >= 11 is 0. The molecular weight excluding hydrogens is 488 g/mol. The van der Waals surface area contributed by atoms with Crippen LogP contribution >= 0.6 is 0 Å². The fourth-order valence-electron chi connectivity index (χ4n) is 5.91. The maximum Gasteiger partial charge on any atom is 0.243 e. The Hall–Kier alpha value is -1.58. The molecule has 0 aliphatic rings. The molecule has 0 aliphatic heterocycles. The fraction of sp³-hybridized carbons (Fsp3) is 0.833. The van der Waals surface area contributed by atoms with Gasteiger partial charge in [-0.1, -0.05) is 117 Å². The Kier molecular flexibility index (Phi) is 21.8. The molecule has 2 aromatic heterocycles. The first-order chi connectivity index (χ1) is 19.8. The summed E-state index contributed by atoms with van der Waals surface area (Å²) in [7, 11) is 0. The van der Waals surface area contributed by atoms with Gasteiger partial charge >= 0.3 is 0 Å². The predicted octanol–water partition coefficient (Wildman–Crippen LogP) is 9.97. The highest BCUT2D eigenvalue weighted by Crippen LogP contribution is 2.12. The monoisotopic (exact) mass is 557 g/mol. The summed E-state index contributed by atoms with van der Waals surface area (Å²) < 4.78 is 9.56. The van der Waals surface area contributed by atoms with Crippen LogP contribution in [0.25, 0.3) is 0 Å². The summed E-state index contributed by atoms with van der Waals surface area (Å²) in [5.74, 6) is 0. The number of hydrogen-bond acceptors (Lipinski definition) is 0. The standard InChI is InChI=1S/C36H68N4/c1-3-5-7-9-11-13-15-17-19-23-27-37-31-33-39(35-37)29-25-21-22-26-30-40-34-32-38(36-40)28-24-20-18-16-14-12-10-8-6-4-2/h31-36H,3-30H2,1-2H3/q+2. The molecule has 0 saturated carbocycles. The van der Waals surface area contributed by atoms with Crippen molar-refractivity contribution in [2.75, 3.05) is 0 Å². The number of nitrogens with zero attached hydrogens (tertiary/aromatic N) is 4. The maximum absolute atomic E-state index is 2.39. The largest absolute Gasteiger partial charge is 0.243 e. The highest BCUT2D eigenvalue weighted by atomic mass is 15.1. The Bertz CT molecular complexity index is 726. The normalized spacial score (nSPS) is 11.6. The molecule has 2 heterocycles. The van der Waals surface area contributed by atoms with E-state index in [1.54, 1.807) is 0 Å². The lowest BCUT2D eigenvalue weighted by atomic mass is 10.1. The third-order valence-electron chi connectivity index (χ3n) is 8.61. The fourth-order valence-corrected chi connectivity index (χ4v) is 5.91. The third kappa shape index (κ3) is 18.7. The van der Waals surface area contributed by atoms with Crippen LogP contribution in [0, 0.1) is 0 Å². The molecule has 2 aromatic rings. The molecule has 2 rings (SSSR count).